The molecular formula is C101H116I7N5O8. The monoisotopic (exact) mass is 2420 g/mol. The molecule has 2 amide bonds. The number of benzene rings is 7. The molecule has 13 rings (SSSR count). The van der Waals surface area contributed by atoms with Crippen molar-refractivity contribution in [2.45, 2.75) is 179 Å². The number of carbonyl (C=O) groups is 3. The predicted octanol–water partition coefficient (Wildman–Crippen LogP) is 27.8. The molecule has 0 saturated heterocycles. The summed E-state index contributed by atoms with van der Waals surface area (Å²) in [5, 5.41) is 19.6. The minimum atomic E-state index is -0.718. The van der Waals surface area contributed by atoms with Gasteiger partial charge in [-0.3, -0.25) is 34.2 Å². The number of furan rings is 2. The second kappa shape index (κ2) is 48.1. The van der Waals surface area contributed by atoms with E-state index in [1.807, 2.05) is 114 Å². The van der Waals surface area contributed by atoms with Gasteiger partial charge in [0.1, 0.15) is 46.9 Å². The second-order valence-corrected chi connectivity index (χ2v) is 41.1. The highest BCUT2D eigenvalue weighted by atomic mass is 127. The first kappa shape index (κ1) is 104. The number of imide groups is 1. The quantitative estimate of drug-likeness (QED) is 0.0456. The fourth-order valence-electron chi connectivity index (χ4n) is 13.0. The molecule has 0 bridgehead atoms. The Bertz CT molecular complexity index is 5080. The van der Waals surface area contributed by atoms with Gasteiger partial charge in [-0.1, -0.05) is 169 Å². The maximum absolute atomic E-state index is 12.6. The van der Waals surface area contributed by atoms with E-state index in [-0.39, 0.29) is 70.8 Å². The Balaban J connectivity index is 0.000000228. The van der Waals surface area contributed by atoms with Gasteiger partial charge in [0.15, 0.2) is 0 Å². The number of Topliss-reactive ketones (excluding diaryl/α,β-unsaturated/α-hetero) is 1. The van der Waals surface area contributed by atoms with Gasteiger partial charge in [0.25, 0.3) is 11.8 Å². The highest BCUT2D eigenvalue weighted by molar-refractivity contribution is 14.1. The van der Waals surface area contributed by atoms with Crippen molar-refractivity contribution < 1.29 is 38.2 Å². The van der Waals surface area contributed by atoms with Crippen molar-refractivity contribution >= 4 is 176 Å². The van der Waals surface area contributed by atoms with E-state index in [0.29, 0.717) is 53.7 Å². The number of halogens is 7. The molecule has 0 spiro atoms. The Morgan fingerprint density at radius 2 is 0.752 bits per heavy atom. The van der Waals surface area contributed by atoms with E-state index in [1.165, 1.54) is 58.3 Å². The molecule has 1 aliphatic rings. The molecule has 0 aliphatic carbocycles. The van der Waals surface area contributed by atoms with Gasteiger partial charge in [-0.25, -0.2) is 0 Å². The van der Waals surface area contributed by atoms with E-state index in [1.54, 1.807) is 43.5 Å². The van der Waals surface area contributed by atoms with E-state index in [2.05, 4.69) is 385 Å². The molecule has 4 N–H and O–H groups in total. The summed E-state index contributed by atoms with van der Waals surface area (Å²) in [5.74, 6) is 5.94. The zero-order valence-corrected chi connectivity index (χ0v) is 86.8. The van der Waals surface area contributed by atoms with Gasteiger partial charge in [-0.2, -0.15) is 0 Å². The van der Waals surface area contributed by atoms with E-state index in [4.69, 9.17) is 24.3 Å². The highest BCUT2D eigenvalue weighted by Crippen LogP contribution is 2.44. The van der Waals surface area contributed by atoms with Crippen LogP contribution in [0.4, 0.5) is 0 Å². The first-order chi connectivity index (χ1) is 56.6. The highest BCUT2D eigenvalue weighted by Gasteiger charge is 2.41. The third-order valence-corrected chi connectivity index (χ3v) is 28.0. The molecule has 6 heterocycles. The molecule has 1 aliphatic heterocycles. The van der Waals surface area contributed by atoms with Crippen LogP contribution in [0.5, 0.6) is 11.5 Å². The average Bonchev–Trinajstić information content (AvgIpc) is 1.38. The maximum Gasteiger partial charge on any atom is 0.261 e. The molecule has 0 radical (unpaired) electrons. The van der Waals surface area contributed by atoms with E-state index in [9.17, 15) is 24.6 Å². The lowest BCUT2D eigenvalue weighted by molar-refractivity contribution is -0.119. The number of pyridine rings is 3. The summed E-state index contributed by atoms with van der Waals surface area (Å²) in [6.07, 6.45) is 5.10. The number of amides is 2. The van der Waals surface area contributed by atoms with Gasteiger partial charge in [0, 0.05) is 47.9 Å². The number of nitrogens with zero attached hydrogens (tertiary/aromatic N) is 4. The largest absolute Gasteiger partial charge is 0.506 e. The van der Waals surface area contributed by atoms with Crippen molar-refractivity contribution in [2.24, 2.45) is 41.2 Å². The van der Waals surface area contributed by atoms with Crippen molar-refractivity contribution in [1.29, 1.82) is 0 Å². The van der Waals surface area contributed by atoms with Crippen molar-refractivity contribution in [3.05, 3.63) is 359 Å². The summed E-state index contributed by atoms with van der Waals surface area (Å²) < 4.78 is 26.6. The van der Waals surface area contributed by atoms with E-state index >= 15 is 0 Å². The van der Waals surface area contributed by atoms with Crippen molar-refractivity contribution in [3.63, 3.8) is 0 Å². The third kappa shape index (κ3) is 28.0. The molecule has 0 fully saturated rings. The number of hydrogen-bond acceptors (Lipinski definition) is 12. The van der Waals surface area contributed by atoms with Crippen LogP contribution in [0.25, 0.3) is 0 Å². The second-order valence-electron chi connectivity index (χ2n) is 32.3. The van der Waals surface area contributed by atoms with Gasteiger partial charge in [0.05, 0.1) is 70.1 Å². The number of aliphatic hydroxyl groups is 1. The first-order valence-electron chi connectivity index (χ1n) is 40.0. The number of nitrogens with two attached hydrogens (primary N) is 1. The molecule has 5 aromatic heterocycles. The van der Waals surface area contributed by atoms with E-state index < -0.39 is 5.60 Å². The Morgan fingerprint density at radius 3 is 1.06 bits per heavy atom. The third-order valence-electron chi connectivity index (χ3n) is 23.0. The lowest BCUT2D eigenvalue weighted by atomic mass is 9.71. The van der Waals surface area contributed by atoms with Gasteiger partial charge in [-0.05, 0) is 415 Å². The molecule has 0 saturated carbocycles. The summed E-state index contributed by atoms with van der Waals surface area (Å²) in [7, 11) is 0. The summed E-state index contributed by atoms with van der Waals surface area (Å²) in [5.41, 5.74) is 14.0. The van der Waals surface area contributed by atoms with Crippen LogP contribution in [0.15, 0.2) is 264 Å². The van der Waals surface area contributed by atoms with Crippen LogP contribution in [0.2, 0.25) is 0 Å². The minimum Gasteiger partial charge on any atom is -0.506 e. The van der Waals surface area contributed by atoms with Gasteiger partial charge in [0.2, 0.25) is 0 Å². The Morgan fingerprint density at radius 1 is 0.421 bits per heavy atom. The fraction of sp³-hybridized carbons (Fsp3) is 0.327. The van der Waals surface area contributed by atoms with Crippen LogP contribution < -0.4 is 10.5 Å². The minimum absolute atomic E-state index is 0. The Labute approximate surface area is 815 Å². The topological polar surface area (TPSA) is 195 Å². The SMILES string of the molecule is C.CC(=O)C(C)C.CC(C)C(C)(O)c1ccc(I)cc1.CC(C)C(C)(c1ccc(I)cc1)c1ccc(CN)o1.CC(C)C(C)(c1ccc(I)cc1)c1ccc(CN2C(=O)c3ccccc3C2=O)o1.CC(C)C(C)(c1ccc(I)cc1)c1ccc(O)cn1.CC(C)C(C)(c1ccc(I)cc1)c1ccc(OCc2ccccn2)cn1.Ic1ccc(I)cc1. The van der Waals surface area contributed by atoms with Gasteiger partial charge < -0.3 is 29.5 Å². The number of aromatic hydroxyl groups is 1. The van der Waals surface area contributed by atoms with Crippen LogP contribution in [0.1, 0.15) is 221 Å². The van der Waals surface area contributed by atoms with Crippen LogP contribution >= 0.6 is 158 Å². The maximum atomic E-state index is 12.6. The fourth-order valence-corrected chi connectivity index (χ4v) is 15.5. The first-order valence-corrected chi connectivity index (χ1v) is 47.6. The number of carbonyl (C=O) groups excluding carboxylic acids is 3. The zero-order chi connectivity index (χ0) is 88.6. The molecular weight excluding hydrogens is 2300 g/mol. The number of hydrogen-bond donors (Lipinski definition) is 3. The van der Waals surface area contributed by atoms with Crippen LogP contribution in [0, 0.1) is 60.5 Å². The molecule has 12 aromatic rings. The van der Waals surface area contributed by atoms with Crippen LogP contribution in [-0.2, 0) is 51.8 Å². The molecule has 13 nitrogen and oxygen atoms in total. The summed E-state index contributed by atoms with van der Waals surface area (Å²) >= 11 is 16.1. The zero-order valence-electron chi connectivity index (χ0n) is 71.7. The molecule has 5 unspecified atom stereocenters. The Hall–Kier alpha value is -6.01. The van der Waals surface area contributed by atoms with Crippen LogP contribution in [-0.4, -0.2) is 47.7 Å². The number of fused-ring (bicyclic) bond motifs is 1. The summed E-state index contributed by atoms with van der Waals surface area (Å²) in [6.45, 7) is 38.9. The van der Waals surface area contributed by atoms with Crippen LogP contribution in [0.3, 0.4) is 0 Å². The molecule has 5 atom stereocenters. The molecule has 7 aromatic carbocycles. The van der Waals surface area contributed by atoms with Gasteiger partial charge >= 0.3 is 0 Å². The average molecular weight is 2420 g/mol. The van der Waals surface area contributed by atoms with Crippen molar-refractivity contribution in [3.8, 4) is 11.5 Å². The predicted molar refractivity (Wildman–Crippen MR) is 554 cm³/mol. The van der Waals surface area contributed by atoms with Gasteiger partial charge in [-0.15, -0.1) is 0 Å². The molecule has 121 heavy (non-hydrogen) atoms. The standard InChI is InChI=1S/C24H22INO3.C22H23IN2O.C16H20INO.C16H18INO.C11H15IO.C6H4I2.C5H10O.CH4/c1-15(2)24(3,16-8-10-17(25)11-9-16)21-13-12-18(29-21)14-26-22(27)19-6-4-5-7-20(19)23(26)28;1-16(2)22(3,17-7-9-18(23)10-8-17)21-12-11-20(14-25-21)26-15-19-6-4-5-13-24-19;1-11(2)16(3,12-4-6-13(17)7-5-12)15-9-8-14(10-18)19-15;1-11(2)16(3,12-4-6-13(17)7-5-12)15-9-8-14(19)10-18-15;1-8(2)11(3,13)9-4-6-10(12)7-5-9;7-5-1-2-6(8)4-3-5;1-4(2)5(3)6;/h4-13,15H,14H2,1-3H3;4-14,16H,15H2,1-3H3;4-9,11H,10,18H2,1-3H3;4-11,19H,1-3H3;4-8,13H,1-3H3;1-4H;4H,1-3H3;1H4. The normalized spacial score (nSPS) is 14.0. The smallest absolute Gasteiger partial charge is 0.261 e. The number of ether oxygens (including phenoxy) is 1. The number of aromatic nitrogens is 3. The lowest BCUT2D eigenvalue weighted by Crippen LogP contribution is -2.31. The summed E-state index contributed by atoms with van der Waals surface area (Å²) in [4.78, 5) is 50.1. The summed E-state index contributed by atoms with van der Waals surface area (Å²) in [6, 6.07) is 79.1. The van der Waals surface area contributed by atoms with E-state index in [0.717, 1.165) is 45.7 Å². The molecule has 642 valence electrons. The number of rotatable bonds is 21. The lowest BCUT2D eigenvalue weighted by Gasteiger charge is -2.34. The number of ketones is 1. The Kier molecular flexibility index (Phi) is 41.2. The molecule has 20 heteroatoms. The van der Waals surface area contributed by atoms with Crippen molar-refractivity contribution in [2.75, 3.05) is 0 Å². The van der Waals surface area contributed by atoms with Crippen molar-refractivity contribution in [1.82, 2.24) is 19.9 Å².